The summed E-state index contributed by atoms with van der Waals surface area (Å²) < 4.78 is 12.8. The lowest BCUT2D eigenvalue weighted by Gasteiger charge is -2.45. The second-order valence-electron chi connectivity index (χ2n) is 8.35. The Hall–Kier alpha value is -3.33. The molecule has 0 spiro atoms. The summed E-state index contributed by atoms with van der Waals surface area (Å²) in [5.41, 5.74) is 1.76. The summed E-state index contributed by atoms with van der Waals surface area (Å²) in [7, 11) is 1.55. The Morgan fingerprint density at radius 2 is 1.91 bits per heavy atom. The molecular formula is C23H28N2O7. The first-order valence-electron chi connectivity index (χ1n) is 10.4. The van der Waals surface area contributed by atoms with Gasteiger partial charge in [-0.05, 0) is 38.0 Å². The molecule has 2 N–H and O–H groups in total. The molecule has 0 fully saturated rings. The zero-order valence-corrected chi connectivity index (χ0v) is 18.7. The van der Waals surface area contributed by atoms with Gasteiger partial charge in [0.1, 0.15) is 11.3 Å². The number of hydrogen-bond donors (Lipinski definition) is 2. The first-order valence-corrected chi connectivity index (χ1v) is 10.4. The predicted molar refractivity (Wildman–Crippen MR) is 118 cm³/mol. The molecule has 9 nitrogen and oxygen atoms in total. The SMILES string of the molecule is CCC(C)(C)N1Cc2cc(OCCC(=O)O)c(COC)cc2-c2cc(=O)c(C(=O)O)cn21. The van der Waals surface area contributed by atoms with E-state index in [1.807, 2.05) is 37.9 Å². The number of ether oxygens (including phenoxy) is 2. The van der Waals surface area contributed by atoms with Crippen LogP contribution in [-0.2, 0) is 22.7 Å². The van der Waals surface area contributed by atoms with Gasteiger partial charge >= 0.3 is 11.9 Å². The Kier molecular flexibility index (Phi) is 6.59. The number of carbonyl (C=O) groups is 2. The van der Waals surface area contributed by atoms with Crippen molar-refractivity contribution in [3.63, 3.8) is 0 Å². The smallest absolute Gasteiger partial charge is 0.341 e. The fourth-order valence-electron chi connectivity index (χ4n) is 3.70. The lowest BCUT2D eigenvalue weighted by molar-refractivity contribution is -0.137. The first kappa shape index (κ1) is 23.3. The Balaban J connectivity index is 2.20. The number of fused-ring (bicyclic) bond motifs is 3. The van der Waals surface area contributed by atoms with Crippen LogP contribution in [0.4, 0.5) is 0 Å². The van der Waals surface area contributed by atoms with Gasteiger partial charge in [-0.15, -0.1) is 0 Å². The lowest BCUT2D eigenvalue weighted by Crippen LogP contribution is -2.52. The van der Waals surface area contributed by atoms with Gasteiger partial charge in [0.25, 0.3) is 0 Å². The van der Waals surface area contributed by atoms with Crippen LogP contribution in [0.25, 0.3) is 11.3 Å². The second-order valence-corrected chi connectivity index (χ2v) is 8.35. The molecule has 0 radical (unpaired) electrons. The molecule has 0 saturated carbocycles. The Labute approximate surface area is 185 Å². The Bertz CT molecular complexity index is 1100. The lowest BCUT2D eigenvalue weighted by atomic mass is 9.94. The number of carboxylic acid groups (broad SMARTS) is 2. The van der Waals surface area contributed by atoms with E-state index < -0.39 is 17.4 Å². The summed E-state index contributed by atoms with van der Waals surface area (Å²) >= 11 is 0. The van der Waals surface area contributed by atoms with Gasteiger partial charge in [0, 0.05) is 30.5 Å². The van der Waals surface area contributed by atoms with Gasteiger partial charge in [-0.1, -0.05) is 6.92 Å². The average molecular weight is 444 g/mol. The van der Waals surface area contributed by atoms with E-state index in [4.69, 9.17) is 14.6 Å². The van der Waals surface area contributed by atoms with Gasteiger partial charge < -0.3 is 24.7 Å². The normalized spacial score (nSPS) is 12.8. The van der Waals surface area contributed by atoms with Crippen molar-refractivity contribution < 1.29 is 29.3 Å². The van der Waals surface area contributed by atoms with Gasteiger partial charge in [-0.2, -0.15) is 0 Å². The Morgan fingerprint density at radius 3 is 2.50 bits per heavy atom. The zero-order valence-electron chi connectivity index (χ0n) is 18.7. The summed E-state index contributed by atoms with van der Waals surface area (Å²) in [6.45, 7) is 6.84. The zero-order chi connectivity index (χ0) is 23.6. The molecule has 0 aliphatic carbocycles. The third-order valence-electron chi connectivity index (χ3n) is 5.84. The summed E-state index contributed by atoms with van der Waals surface area (Å²) in [6.07, 6.45) is 2.03. The van der Waals surface area contributed by atoms with Crippen molar-refractivity contribution in [3.8, 4) is 17.0 Å². The first-order chi connectivity index (χ1) is 15.1. The number of pyridine rings is 1. The maximum Gasteiger partial charge on any atom is 0.341 e. The molecule has 32 heavy (non-hydrogen) atoms. The minimum absolute atomic E-state index is 0.0209. The van der Waals surface area contributed by atoms with Crippen molar-refractivity contribution in [2.75, 3.05) is 18.7 Å². The minimum Gasteiger partial charge on any atom is -0.493 e. The van der Waals surface area contributed by atoms with Crippen LogP contribution < -0.4 is 15.2 Å². The van der Waals surface area contributed by atoms with E-state index in [1.165, 1.54) is 12.3 Å². The highest BCUT2D eigenvalue weighted by atomic mass is 16.5. The molecule has 1 aromatic carbocycles. The molecule has 0 amide bonds. The molecule has 1 aliphatic heterocycles. The van der Waals surface area contributed by atoms with Crippen LogP contribution in [-0.4, -0.2) is 46.1 Å². The van der Waals surface area contributed by atoms with Crippen molar-refractivity contribution >= 4 is 11.9 Å². The van der Waals surface area contributed by atoms with E-state index in [-0.39, 0.29) is 30.7 Å². The highest BCUT2D eigenvalue weighted by Crippen LogP contribution is 2.37. The van der Waals surface area contributed by atoms with Gasteiger partial charge in [0.2, 0.25) is 0 Å². The fourth-order valence-corrected chi connectivity index (χ4v) is 3.70. The molecule has 9 heteroatoms. The number of carboxylic acids is 2. The van der Waals surface area contributed by atoms with Crippen molar-refractivity contribution in [1.82, 2.24) is 4.68 Å². The van der Waals surface area contributed by atoms with Crippen molar-refractivity contribution in [3.05, 3.63) is 51.3 Å². The second kappa shape index (κ2) is 9.04. The van der Waals surface area contributed by atoms with Crippen LogP contribution in [0, 0.1) is 0 Å². The van der Waals surface area contributed by atoms with Crippen LogP contribution >= 0.6 is 0 Å². The van der Waals surface area contributed by atoms with Crippen molar-refractivity contribution in [1.29, 1.82) is 0 Å². The summed E-state index contributed by atoms with van der Waals surface area (Å²) in [5, 5.41) is 20.4. The van der Waals surface area contributed by atoms with E-state index in [2.05, 4.69) is 0 Å². The van der Waals surface area contributed by atoms with Crippen LogP contribution in [0.2, 0.25) is 0 Å². The average Bonchev–Trinajstić information content (AvgIpc) is 2.73. The number of benzene rings is 1. The van der Waals surface area contributed by atoms with E-state index in [0.29, 0.717) is 23.6 Å². The molecule has 0 bridgehead atoms. The van der Waals surface area contributed by atoms with E-state index >= 15 is 0 Å². The van der Waals surface area contributed by atoms with Crippen LogP contribution in [0.15, 0.2) is 29.2 Å². The maximum absolute atomic E-state index is 12.5. The number of methoxy groups -OCH3 is 1. The molecule has 172 valence electrons. The molecule has 0 atom stereocenters. The third-order valence-corrected chi connectivity index (χ3v) is 5.84. The maximum atomic E-state index is 12.5. The standard InChI is InChI=1S/C23H28N2O7/c1-5-23(2,3)25-11-14-9-20(32-7-6-21(27)28)15(13-31-4)8-16(14)18-10-19(26)17(22(29)30)12-24(18)25/h8-10,12H,5-7,11,13H2,1-4H3,(H,27,28)(H,29,30). The summed E-state index contributed by atoms with van der Waals surface area (Å²) in [5.74, 6) is -1.69. The number of aromatic carboxylic acids is 1. The van der Waals surface area contributed by atoms with Gasteiger partial charge in [0.05, 0.1) is 37.4 Å². The minimum atomic E-state index is -1.27. The summed E-state index contributed by atoms with van der Waals surface area (Å²) in [6, 6.07) is 5.06. The molecule has 1 aliphatic rings. The molecule has 0 saturated heterocycles. The van der Waals surface area contributed by atoms with E-state index in [0.717, 1.165) is 17.5 Å². The highest BCUT2D eigenvalue weighted by molar-refractivity contribution is 5.88. The quantitative estimate of drug-likeness (QED) is 0.606. The topological polar surface area (TPSA) is 118 Å². The number of nitrogens with zero attached hydrogens (tertiary/aromatic N) is 2. The largest absolute Gasteiger partial charge is 0.493 e. The van der Waals surface area contributed by atoms with Gasteiger partial charge in [-0.25, -0.2) is 4.79 Å². The monoisotopic (exact) mass is 444 g/mol. The number of aliphatic carboxylic acids is 1. The highest BCUT2D eigenvalue weighted by Gasteiger charge is 2.33. The number of hydrogen-bond acceptors (Lipinski definition) is 6. The fraction of sp³-hybridized carbons (Fsp3) is 0.435. The van der Waals surface area contributed by atoms with Gasteiger partial charge in [-0.3, -0.25) is 14.3 Å². The van der Waals surface area contributed by atoms with Crippen LogP contribution in [0.5, 0.6) is 5.75 Å². The van der Waals surface area contributed by atoms with Crippen molar-refractivity contribution in [2.24, 2.45) is 0 Å². The molecular weight excluding hydrogens is 416 g/mol. The Morgan fingerprint density at radius 1 is 1.19 bits per heavy atom. The molecule has 3 rings (SSSR count). The van der Waals surface area contributed by atoms with E-state index in [9.17, 15) is 19.5 Å². The van der Waals surface area contributed by atoms with Crippen LogP contribution in [0.1, 0.15) is 55.1 Å². The van der Waals surface area contributed by atoms with E-state index in [1.54, 1.807) is 11.8 Å². The molecule has 1 aromatic heterocycles. The number of aromatic nitrogens is 1. The molecule has 0 unspecified atom stereocenters. The predicted octanol–water partition coefficient (Wildman–Crippen LogP) is 2.85. The summed E-state index contributed by atoms with van der Waals surface area (Å²) in [4.78, 5) is 35.0. The molecule has 2 aromatic rings. The number of rotatable bonds is 9. The van der Waals surface area contributed by atoms with Crippen LogP contribution in [0.3, 0.4) is 0 Å². The molecule has 2 heterocycles. The third kappa shape index (κ3) is 4.47. The van der Waals surface area contributed by atoms with Crippen molar-refractivity contribution in [2.45, 2.75) is 52.3 Å². The van der Waals surface area contributed by atoms with Gasteiger partial charge in [0.15, 0.2) is 5.43 Å².